The number of amides is 2. The lowest BCUT2D eigenvalue weighted by Gasteiger charge is -2.34. The first-order valence-corrected chi connectivity index (χ1v) is 15.4. The molecule has 0 saturated carbocycles. The lowest BCUT2D eigenvalue weighted by atomic mass is 10.0. The summed E-state index contributed by atoms with van der Waals surface area (Å²) in [6.07, 6.45) is -4.00. The van der Waals surface area contributed by atoms with Crippen molar-refractivity contribution in [2.75, 3.05) is 24.2 Å². The highest BCUT2D eigenvalue weighted by atomic mass is 35.5. The van der Waals surface area contributed by atoms with Crippen LogP contribution in [0.25, 0.3) is 0 Å². The number of carbonyl (C=O) groups excluding carboxylic acids is 2. The third-order valence-corrected chi connectivity index (χ3v) is 7.88. The van der Waals surface area contributed by atoms with Crippen LogP contribution in [-0.2, 0) is 38.8 Å². The van der Waals surface area contributed by atoms with Crippen molar-refractivity contribution in [1.29, 1.82) is 0 Å². The molecule has 3 aromatic carbocycles. The maximum absolute atomic E-state index is 14.1. The van der Waals surface area contributed by atoms with E-state index in [1.807, 2.05) is 0 Å². The van der Waals surface area contributed by atoms with Crippen molar-refractivity contribution in [3.8, 4) is 5.75 Å². The van der Waals surface area contributed by atoms with Crippen LogP contribution in [0.3, 0.4) is 0 Å². The zero-order valence-corrected chi connectivity index (χ0v) is 25.6. The third-order valence-electron chi connectivity index (χ3n) is 6.41. The molecule has 3 rings (SSSR count). The Labute approximate surface area is 254 Å². The summed E-state index contributed by atoms with van der Waals surface area (Å²) in [5.74, 6) is -0.793. The highest BCUT2D eigenvalue weighted by Gasteiger charge is 2.36. The van der Waals surface area contributed by atoms with Crippen molar-refractivity contribution in [1.82, 2.24) is 10.2 Å². The van der Waals surface area contributed by atoms with Crippen LogP contribution in [-0.4, -0.2) is 57.1 Å². The van der Waals surface area contributed by atoms with E-state index in [2.05, 4.69) is 5.32 Å². The Morgan fingerprint density at radius 3 is 2.21 bits per heavy atom. The lowest BCUT2D eigenvalue weighted by Crippen LogP contribution is -2.54. The van der Waals surface area contributed by atoms with E-state index < -0.39 is 56.9 Å². The van der Waals surface area contributed by atoms with Crippen molar-refractivity contribution < 1.29 is 35.9 Å². The quantitative estimate of drug-likeness (QED) is 0.290. The van der Waals surface area contributed by atoms with Gasteiger partial charge in [0.25, 0.3) is 0 Å². The summed E-state index contributed by atoms with van der Waals surface area (Å²) in [5.41, 5.74) is -0.332. The molecule has 0 aliphatic carbocycles. The van der Waals surface area contributed by atoms with Crippen molar-refractivity contribution in [2.24, 2.45) is 0 Å². The van der Waals surface area contributed by atoms with Gasteiger partial charge in [0.05, 0.1) is 29.6 Å². The summed E-state index contributed by atoms with van der Waals surface area (Å²) in [5, 5.41) is 2.20. The maximum Gasteiger partial charge on any atom is 0.417 e. The van der Waals surface area contributed by atoms with Crippen LogP contribution in [0.2, 0.25) is 5.02 Å². The van der Waals surface area contributed by atoms with Crippen LogP contribution in [0.4, 0.5) is 18.9 Å². The number of hydrogen-bond donors (Lipinski definition) is 1. The average Bonchev–Trinajstić information content (AvgIpc) is 2.93. The van der Waals surface area contributed by atoms with E-state index in [4.69, 9.17) is 16.3 Å². The summed E-state index contributed by atoms with van der Waals surface area (Å²) < 4.78 is 72.4. The zero-order valence-electron chi connectivity index (χ0n) is 24.1. The number of halogens is 4. The van der Waals surface area contributed by atoms with E-state index in [0.717, 1.165) is 24.0 Å². The fourth-order valence-electron chi connectivity index (χ4n) is 4.40. The molecule has 0 bridgehead atoms. The minimum Gasteiger partial charge on any atom is -0.497 e. The van der Waals surface area contributed by atoms with Crippen LogP contribution >= 0.6 is 11.6 Å². The predicted octanol–water partition coefficient (Wildman–Crippen LogP) is 5.30. The fourth-order valence-corrected chi connectivity index (χ4v) is 5.47. The summed E-state index contributed by atoms with van der Waals surface area (Å²) in [6, 6.07) is 17.0. The van der Waals surface area contributed by atoms with Gasteiger partial charge in [0, 0.05) is 19.0 Å². The van der Waals surface area contributed by atoms with Crippen LogP contribution in [0.1, 0.15) is 30.5 Å². The number of ether oxygens (including phenoxy) is 1. The number of nitrogens with zero attached hydrogens (tertiary/aromatic N) is 2. The zero-order chi connectivity index (χ0) is 31.9. The number of methoxy groups -OCH3 is 1. The normalized spacial score (nSPS) is 12.5. The summed E-state index contributed by atoms with van der Waals surface area (Å²) in [7, 11) is -2.80. The van der Waals surface area contributed by atoms with E-state index in [1.165, 1.54) is 12.0 Å². The van der Waals surface area contributed by atoms with Gasteiger partial charge in [0.15, 0.2) is 0 Å². The molecule has 0 saturated heterocycles. The first-order chi connectivity index (χ1) is 20.1. The van der Waals surface area contributed by atoms with Crippen LogP contribution in [0, 0.1) is 0 Å². The standard InChI is InChI=1S/C30H33ClF3N3O5S/c1-20(2)35-29(39)27(16-21-9-6-5-7-10-21)36(18-22-11-8-12-24(15-22)42-3)28(38)19-37(43(4,40)41)23-13-14-26(31)25(17-23)30(32,33)34/h5-15,17,20,27H,16,18-19H2,1-4H3,(H,35,39). The summed E-state index contributed by atoms with van der Waals surface area (Å²) in [4.78, 5) is 28.9. The first kappa shape index (κ1) is 33.7. The van der Waals surface area contributed by atoms with Gasteiger partial charge in [-0.25, -0.2) is 8.42 Å². The number of hydrogen-bond acceptors (Lipinski definition) is 5. The first-order valence-electron chi connectivity index (χ1n) is 13.2. The second-order valence-corrected chi connectivity index (χ2v) is 12.5. The molecule has 0 heterocycles. The summed E-state index contributed by atoms with van der Waals surface area (Å²) in [6.45, 7) is 2.53. The molecule has 2 amide bonds. The molecule has 0 aromatic heterocycles. The van der Waals surface area contributed by atoms with Gasteiger partial charge in [0.2, 0.25) is 21.8 Å². The second-order valence-electron chi connectivity index (χ2n) is 10.2. The molecule has 0 fully saturated rings. The molecule has 1 N–H and O–H groups in total. The highest BCUT2D eigenvalue weighted by Crippen LogP contribution is 2.37. The number of nitrogens with one attached hydrogen (secondary N) is 1. The number of benzene rings is 3. The van der Waals surface area contributed by atoms with Crippen molar-refractivity contribution in [3.63, 3.8) is 0 Å². The number of carbonyl (C=O) groups is 2. The maximum atomic E-state index is 14.1. The van der Waals surface area contributed by atoms with Crippen molar-refractivity contribution in [2.45, 2.75) is 45.1 Å². The van der Waals surface area contributed by atoms with E-state index >= 15 is 0 Å². The minimum atomic E-state index is -4.87. The third kappa shape index (κ3) is 9.36. The molecule has 8 nitrogen and oxygen atoms in total. The average molecular weight is 640 g/mol. The van der Waals surface area contributed by atoms with Gasteiger partial charge < -0.3 is 15.0 Å². The molecule has 1 atom stereocenters. The van der Waals surface area contributed by atoms with Gasteiger partial charge in [-0.05, 0) is 55.3 Å². The van der Waals surface area contributed by atoms with Gasteiger partial charge in [-0.15, -0.1) is 0 Å². The van der Waals surface area contributed by atoms with Crippen LogP contribution < -0.4 is 14.4 Å². The molecule has 0 spiro atoms. The van der Waals surface area contributed by atoms with Gasteiger partial charge in [-0.3, -0.25) is 13.9 Å². The molecule has 0 aliphatic rings. The van der Waals surface area contributed by atoms with E-state index in [-0.39, 0.29) is 19.0 Å². The SMILES string of the molecule is COc1cccc(CN(C(=O)CN(c2ccc(Cl)c(C(F)(F)F)c2)S(C)(=O)=O)C(Cc2ccccc2)C(=O)NC(C)C)c1. The van der Waals surface area contributed by atoms with Gasteiger partial charge in [-0.1, -0.05) is 54.1 Å². The molecule has 232 valence electrons. The van der Waals surface area contributed by atoms with Crippen LogP contribution in [0.5, 0.6) is 5.75 Å². The van der Waals surface area contributed by atoms with Gasteiger partial charge >= 0.3 is 6.18 Å². The van der Waals surface area contributed by atoms with E-state index in [0.29, 0.717) is 21.7 Å². The summed E-state index contributed by atoms with van der Waals surface area (Å²) >= 11 is 5.75. The van der Waals surface area contributed by atoms with Gasteiger partial charge in [0.1, 0.15) is 18.3 Å². The molecular weight excluding hydrogens is 607 g/mol. The molecule has 0 aliphatic heterocycles. The minimum absolute atomic E-state index is 0.0904. The smallest absolute Gasteiger partial charge is 0.417 e. The molecule has 1 unspecified atom stereocenters. The number of rotatable bonds is 12. The number of sulfonamides is 1. The fraction of sp³-hybridized carbons (Fsp3) is 0.333. The molecular formula is C30H33ClF3N3O5S. The number of alkyl halides is 3. The predicted molar refractivity (Wildman–Crippen MR) is 159 cm³/mol. The Bertz CT molecular complexity index is 1540. The van der Waals surface area contributed by atoms with Crippen molar-refractivity contribution in [3.05, 3.63) is 94.5 Å². The van der Waals surface area contributed by atoms with Crippen molar-refractivity contribution >= 4 is 39.1 Å². The van der Waals surface area contributed by atoms with Gasteiger partial charge in [-0.2, -0.15) is 13.2 Å². The Hall–Kier alpha value is -3.77. The van der Waals surface area contributed by atoms with E-state index in [1.54, 1.807) is 68.4 Å². The highest BCUT2D eigenvalue weighted by molar-refractivity contribution is 7.92. The topological polar surface area (TPSA) is 96.0 Å². The Morgan fingerprint density at radius 1 is 0.977 bits per heavy atom. The Morgan fingerprint density at radius 2 is 1.63 bits per heavy atom. The molecule has 0 radical (unpaired) electrons. The Kier molecular flexibility index (Phi) is 11.1. The van der Waals surface area contributed by atoms with Crippen LogP contribution in [0.15, 0.2) is 72.8 Å². The lowest BCUT2D eigenvalue weighted by molar-refractivity contribution is -0.140. The number of anilines is 1. The molecule has 13 heteroatoms. The van der Waals surface area contributed by atoms with E-state index in [9.17, 15) is 31.2 Å². The second kappa shape index (κ2) is 14.1. The molecule has 3 aromatic rings. The molecule has 43 heavy (non-hydrogen) atoms. The largest absolute Gasteiger partial charge is 0.497 e. The monoisotopic (exact) mass is 639 g/mol. The Balaban J connectivity index is 2.11.